The van der Waals surface area contributed by atoms with Gasteiger partial charge in [0.1, 0.15) is 6.04 Å². The summed E-state index contributed by atoms with van der Waals surface area (Å²) in [5.41, 5.74) is 2.38. The van der Waals surface area contributed by atoms with E-state index < -0.39 is 0 Å². The molecule has 108 valence electrons. The molecule has 2 aromatic rings. The third kappa shape index (κ3) is 2.69. The molecule has 1 aromatic heterocycles. The molecule has 0 aliphatic carbocycles. The van der Waals surface area contributed by atoms with Crippen LogP contribution in [-0.4, -0.2) is 29.0 Å². The first-order chi connectivity index (χ1) is 10.2. The molecule has 1 aromatic carbocycles. The Labute approximate surface area is 128 Å². The van der Waals surface area contributed by atoms with Crippen LogP contribution in [0.4, 0.5) is 5.95 Å². The van der Waals surface area contributed by atoms with Gasteiger partial charge in [-0.05, 0) is 11.1 Å². The molecule has 21 heavy (non-hydrogen) atoms. The van der Waals surface area contributed by atoms with Crippen LogP contribution in [0.25, 0.3) is 0 Å². The Morgan fingerprint density at radius 2 is 1.95 bits per heavy atom. The number of benzene rings is 1. The number of halogens is 1. The van der Waals surface area contributed by atoms with Crippen LogP contribution in [0.3, 0.4) is 0 Å². The van der Waals surface area contributed by atoms with Crippen LogP contribution >= 0.6 is 11.6 Å². The summed E-state index contributed by atoms with van der Waals surface area (Å²) in [7, 11) is 1.64. The molecule has 0 fully saturated rings. The molecule has 6 heteroatoms. The molecule has 0 bridgehead atoms. The van der Waals surface area contributed by atoms with Gasteiger partial charge in [-0.1, -0.05) is 35.9 Å². The van der Waals surface area contributed by atoms with Gasteiger partial charge in [0.2, 0.25) is 11.9 Å². The summed E-state index contributed by atoms with van der Waals surface area (Å²) >= 11 is 5.84. The highest BCUT2D eigenvalue weighted by Crippen LogP contribution is 2.26. The first-order valence-corrected chi connectivity index (χ1v) is 7.09. The summed E-state index contributed by atoms with van der Waals surface area (Å²) in [6, 6.07) is 7.81. The minimum absolute atomic E-state index is 0.0388. The maximum Gasteiger partial charge on any atom is 0.242 e. The molecular weight excluding hydrogens is 288 g/mol. The van der Waals surface area contributed by atoms with Crippen molar-refractivity contribution in [3.05, 3.63) is 52.8 Å². The zero-order valence-corrected chi connectivity index (χ0v) is 12.3. The van der Waals surface area contributed by atoms with Crippen molar-refractivity contribution < 1.29 is 4.79 Å². The van der Waals surface area contributed by atoms with Crippen LogP contribution in [-0.2, 0) is 17.8 Å². The number of carbonyl (C=O) groups excluding carboxylic acids is 1. The van der Waals surface area contributed by atoms with Gasteiger partial charge in [0, 0.05) is 20.0 Å². The van der Waals surface area contributed by atoms with Gasteiger partial charge in [-0.25, -0.2) is 9.97 Å². The van der Waals surface area contributed by atoms with Crippen LogP contribution in [0.5, 0.6) is 0 Å². The predicted octanol–water partition coefficient (Wildman–Crippen LogP) is 1.81. The topological polar surface area (TPSA) is 58.1 Å². The predicted molar refractivity (Wildman–Crippen MR) is 81.2 cm³/mol. The first-order valence-electron chi connectivity index (χ1n) is 6.71. The number of rotatable bonds is 2. The van der Waals surface area contributed by atoms with Gasteiger partial charge in [-0.2, -0.15) is 0 Å². The van der Waals surface area contributed by atoms with E-state index in [1.807, 2.05) is 17.0 Å². The molecular formula is C15H15ClN4O. The van der Waals surface area contributed by atoms with E-state index in [-0.39, 0.29) is 11.9 Å². The van der Waals surface area contributed by atoms with Gasteiger partial charge >= 0.3 is 0 Å². The number of hydrogen-bond acceptors (Lipinski definition) is 4. The minimum atomic E-state index is -0.314. The van der Waals surface area contributed by atoms with E-state index in [1.165, 1.54) is 11.1 Å². The van der Waals surface area contributed by atoms with E-state index in [2.05, 4.69) is 27.4 Å². The normalized spacial score (nSPS) is 17.2. The van der Waals surface area contributed by atoms with E-state index in [0.29, 0.717) is 23.9 Å². The smallest absolute Gasteiger partial charge is 0.242 e. The Balaban J connectivity index is 1.99. The van der Waals surface area contributed by atoms with E-state index >= 15 is 0 Å². The molecule has 0 spiro atoms. The Bertz CT molecular complexity index is 659. The molecule has 0 unspecified atom stereocenters. The van der Waals surface area contributed by atoms with Crippen LogP contribution in [0.2, 0.25) is 5.02 Å². The average molecular weight is 303 g/mol. The lowest BCUT2D eigenvalue weighted by Gasteiger charge is -2.35. The van der Waals surface area contributed by atoms with Crippen molar-refractivity contribution in [2.24, 2.45) is 0 Å². The fourth-order valence-corrected chi connectivity index (χ4v) is 2.69. The number of fused-ring (bicyclic) bond motifs is 1. The van der Waals surface area contributed by atoms with Gasteiger partial charge in [-0.15, -0.1) is 0 Å². The summed E-state index contributed by atoms with van der Waals surface area (Å²) < 4.78 is 0. The SMILES string of the molecule is CNC(=O)[C@@H]1Cc2ccccc2CN1c1ncc(Cl)cn1. The Morgan fingerprint density at radius 3 is 2.62 bits per heavy atom. The molecule has 1 atom stereocenters. The summed E-state index contributed by atoms with van der Waals surface area (Å²) in [5, 5.41) is 3.19. The molecule has 0 saturated heterocycles. The Kier molecular flexibility index (Phi) is 3.75. The van der Waals surface area contributed by atoms with Crippen LogP contribution in [0, 0.1) is 0 Å². The Hall–Kier alpha value is -2.14. The Morgan fingerprint density at radius 1 is 1.29 bits per heavy atom. The molecule has 2 heterocycles. The molecule has 0 saturated carbocycles. The third-order valence-electron chi connectivity index (χ3n) is 3.66. The average Bonchev–Trinajstić information content (AvgIpc) is 2.53. The van der Waals surface area contributed by atoms with E-state index in [9.17, 15) is 4.79 Å². The number of hydrogen-bond donors (Lipinski definition) is 1. The standard InChI is InChI=1S/C15H15ClN4O/c1-17-14(21)13-6-10-4-2-3-5-11(10)9-20(13)15-18-7-12(16)8-19-15/h2-5,7-8,13H,6,9H2,1H3,(H,17,21)/t13-/m0/s1. The number of amides is 1. The van der Waals surface area contributed by atoms with Crippen molar-refractivity contribution in [3.63, 3.8) is 0 Å². The number of anilines is 1. The lowest BCUT2D eigenvalue weighted by molar-refractivity contribution is -0.122. The van der Waals surface area contributed by atoms with E-state index in [1.54, 1.807) is 19.4 Å². The van der Waals surface area contributed by atoms with Gasteiger partial charge in [0.05, 0.1) is 17.4 Å². The molecule has 1 amide bonds. The van der Waals surface area contributed by atoms with Crippen molar-refractivity contribution in [3.8, 4) is 0 Å². The first kappa shape index (κ1) is 13.8. The second-order valence-electron chi connectivity index (χ2n) is 4.93. The van der Waals surface area contributed by atoms with E-state index in [4.69, 9.17) is 11.6 Å². The summed E-state index contributed by atoms with van der Waals surface area (Å²) in [4.78, 5) is 22.6. The number of carbonyl (C=O) groups is 1. The van der Waals surface area contributed by atoms with Crippen molar-refractivity contribution in [2.75, 3.05) is 11.9 Å². The van der Waals surface area contributed by atoms with Crippen LogP contribution < -0.4 is 10.2 Å². The second-order valence-corrected chi connectivity index (χ2v) is 5.37. The second kappa shape index (κ2) is 5.69. The molecule has 0 radical (unpaired) electrons. The number of nitrogens with one attached hydrogen (secondary N) is 1. The zero-order chi connectivity index (χ0) is 14.8. The molecule has 3 rings (SSSR count). The largest absolute Gasteiger partial charge is 0.357 e. The van der Waals surface area contributed by atoms with Crippen LogP contribution in [0.1, 0.15) is 11.1 Å². The number of aromatic nitrogens is 2. The highest BCUT2D eigenvalue weighted by atomic mass is 35.5. The summed E-state index contributed by atoms with van der Waals surface area (Å²) in [6.45, 7) is 0.607. The van der Waals surface area contributed by atoms with Crippen molar-refractivity contribution in [1.29, 1.82) is 0 Å². The van der Waals surface area contributed by atoms with E-state index in [0.717, 1.165) is 0 Å². The highest BCUT2D eigenvalue weighted by Gasteiger charge is 2.32. The van der Waals surface area contributed by atoms with Gasteiger partial charge < -0.3 is 10.2 Å². The van der Waals surface area contributed by atoms with Crippen molar-refractivity contribution in [1.82, 2.24) is 15.3 Å². The van der Waals surface area contributed by atoms with Gasteiger partial charge in [0.15, 0.2) is 0 Å². The molecule has 1 N–H and O–H groups in total. The molecule has 1 aliphatic heterocycles. The number of likely N-dealkylation sites (N-methyl/N-ethyl adjacent to an activating group) is 1. The van der Waals surface area contributed by atoms with Crippen LogP contribution in [0.15, 0.2) is 36.7 Å². The maximum atomic E-state index is 12.2. The fourth-order valence-electron chi connectivity index (χ4n) is 2.59. The van der Waals surface area contributed by atoms with Crippen molar-refractivity contribution in [2.45, 2.75) is 19.0 Å². The fraction of sp³-hybridized carbons (Fsp3) is 0.267. The number of nitrogens with zero attached hydrogens (tertiary/aromatic N) is 3. The van der Waals surface area contributed by atoms with Gasteiger partial charge in [0.25, 0.3) is 0 Å². The lowest BCUT2D eigenvalue weighted by Crippen LogP contribution is -2.50. The zero-order valence-electron chi connectivity index (χ0n) is 11.6. The third-order valence-corrected chi connectivity index (χ3v) is 3.86. The maximum absolute atomic E-state index is 12.2. The monoisotopic (exact) mass is 302 g/mol. The quantitative estimate of drug-likeness (QED) is 0.919. The summed E-state index contributed by atoms with van der Waals surface area (Å²) in [5.74, 6) is 0.477. The summed E-state index contributed by atoms with van der Waals surface area (Å²) in [6.07, 6.45) is 3.73. The van der Waals surface area contributed by atoms with Crippen molar-refractivity contribution >= 4 is 23.5 Å². The lowest BCUT2D eigenvalue weighted by atomic mass is 9.94. The minimum Gasteiger partial charge on any atom is -0.357 e. The molecule has 1 aliphatic rings. The molecule has 5 nitrogen and oxygen atoms in total. The highest BCUT2D eigenvalue weighted by molar-refractivity contribution is 6.30. The van der Waals surface area contributed by atoms with Gasteiger partial charge in [-0.3, -0.25) is 4.79 Å².